The van der Waals surface area contributed by atoms with Crippen molar-refractivity contribution in [3.63, 3.8) is 0 Å². The van der Waals surface area contributed by atoms with Gasteiger partial charge in [-0.2, -0.15) is 0 Å². The van der Waals surface area contributed by atoms with Gasteiger partial charge in [0.2, 0.25) is 0 Å². The largest absolute Gasteiger partial charge is 0.472 e. The van der Waals surface area contributed by atoms with Crippen molar-refractivity contribution in [3.05, 3.63) is 0 Å². The van der Waals surface area contributed by atoms with E-state index >= 15 is 0 Å². The Hall–Kier alpha value is -1.94. The zero-order valence-electron chi connectivity index (χ0n) is 74.3. The van der Waals surface area contributed by atoms with E-state index in [0.29, 0.717) is 31.6 Å². The molecule has 112 heavy (non-hydrogen) atoms. The number of carbonyl (C=O) groups is 4. The number of rotatable bonds is 90. The molecular weight excluding hydrogens is 1450 g/mol. The van der Waals surface area contributed by atoms with Crippen LogP contribution >= 0.6 is 15.6 Å². The molecule has 19 heteroatoms. The number of esters is 4. The molecule has 4 unspecified atom stereocenters. The molecule has 0 saturated heterocycles. The van der Waals surface area contributed by atoms with Gasteiger partial charge in [-0.1, -0.05) is 441 Å². The Morgan fingerprint density at radius 1 is 0.250 bits per heavy atom. The van der Waals surface area contributed by atoms with Crippen molar-refractivity contribution in [1.29, 1.82) is 0 Å². The molecule has 0 aromatic rings. The molecular formula is C93H182O17P2. The second-order valence-electron chi connectivity index (χ2n) is 35.1. The predicted molar refractivity (Wildman–Crippen MR) is 464 cm³/mol. The number of hydrogen-bond donors (Lipinski definition) is 3. The Balaban J connectivity index is 5.20. The molecule has 0 fully saturated rings. The third kappa shape index (κ3) is 84.5. The van der Waals surface area contributed by atoms with Gasteiger partial charge in [-0.25, -0.2) is 9.13 Å². The van der Waals surface area contributed by atoms with Gasteiger partial charge >= 0.3 is 39.5 Å². The van der Waals surface area contributed by atoms with Crippen LogP contribution in [-0.2, 0) is 65.4 Å². The van der Waals surface area contributed by atoms with Crippen LogP contribution in [0, 0.1) is 23.7 Å². The van der Waals surface area contributed by atoms with E-state index in [1.165, 1.54) is 289 Å². The quantitative estimate of drug-likeness (QED) is 0.0222. The van der Waals surface area contributed by atoms with Crippen molar-refractivity contribution in [3.8, 4) is 0 Å². The monoisotopic (exact) mass is 1630 g/mol. The van der Waals surface area contributed by atoms with E-state index in [9.17, 15) is 43.2 Å². The van der Waals surface area contributed by atoms with Crippen LogP contribution in [0.1, 0.15) is 492 Å². The highest BCUT2D eigenvalue weighted by Crippen LogP contribution is 2.45. The van der Waals surface area contributed by atoms with Crippen LogP contribution in [0.4, 0.5) is 0 Å². The summed E-state index contributed by atoms with van der Waals surface area (Å²) in [5, 5.41) is 10.7. The van der Waals surface area contributed by atoms with Gasteiger partial charge in [0.1, 0.15) is 19.3 Å². The predicted octanol–water partition coefficient (Wildman–Crippen LogP) is 28.7. The molecule has 0 rings (SSSR count). The Morgan fingerprint density at radius 3 is 0.634 bits per heavy atom. The van der Waals surface area contributed by atoms with Crippen molar-refractivity contribution >= 4 is 39.5 Å². The lowest BCUT2D eigenvalue weighted by molar-refractivity contribution is -0.161. The first kappa shape index (κ1) is 110. The average molecular weight is 1630 g/mol. The number of aliphatic hydroxyl groups is 1. The molecule has 0 aliphatic carbocycles. The van der Waals surface area contributed by atoms with Gasteiger partial charge in [-0.15, -0.1) is 0 Å². The lowest BCUT2D eigenvalue weighted by Crippen LogP contribution is -2.30. The number of phosphoric ester groups is 2. The number of hydrogen-bond acceptors (Lipinski definition) is 15. The van der Waals surface area contributed by atoms with Gasteiger partial charge < -0.3 is 33.8 Å². The highest BCUT2D eigenvalue weighted by Gasteiger charge is 2.31. The fraction of sp³-hybridized carbons (Fsp3) is 0.957. The van der Waals surface area contributed by atoms with Crippen molar-refractivity contribution in [1.82, 2.24) is 0 Å². The van der Waals surface area contributed by atoms with Crippen LogP contribution in [0.15, 0.2) is 0 Å². The first-order valence-electron chi connectivity index (χ1n) is 47.7. The molecule has 17 nitrogen and oxygen atoms in total. The number of ether oxygens (including phenoxy) is 4. The molecule has 6 atom stereocenters. The number of aliphatic hydroxyl groups excluding tert-OH is 1. The van der Waals surface area contributed by atoms with E-state index < -0.39 is 97.5 Å². The Morgan fingerprint density at radius 2 is 0.429 bits per heavy atom. The van der Waals surface area contributed by atoms with E-state index in [4.69, 9.17) is 37.0 Å². The maximum atomic E-state index is 13.2. The number of unbranched alkanes of at least 4 members (excludes halogenated alkanes) is 55. The average Bonchev–Trinajstić information content (AvgIpc) is 0.899. The third-order valence-corrected chi connectivity index (χ3v) is 24.1. The topological polar surface area (TPSA) is 237 Å². The molecule has 0 aliphatic rings. The zero-order chi connectivity index (χ0) is 82.3. The van der Waals surface area contributed by atoms with Crippen LogP contribution in [0.25, 0.3) is 0 Å². The fourth-order valence-corrected chi connectivity index (χ4v) is 16.1. The second kappa shape index (κ2) is 81.4. The molecule has 0 aliphatic heterocycles. The minimum absolute atomic E-state index is 0.108. The summed E-state index contributed by atoms with van der Waals surface area (Å²) in [6.07, 6.45) is 73.8. The van der Waals surface area contributed by atoms with E-state index in [0.717, 1.165) is 114 Å². The molecule has 3 N–H and O–H groups in total. The summed E-state index contributed by atoms with van der Waals surface area (Å²) in [6, 6.07) is 0. The summed E-state index contributed by atoms with van der Waals surface area (Å²) in [5.41, 5.74) is 0. The van der Waals surface area contributed by atoms with Gasteiger partial charge in [0.05, 0.1) is 26.4 Å². The fourth-order valence-electron chi connectivity index (χ4n) is 14.5. The highest BCUT2D eigenvalue weighted by atomic mass is 31.2. The summed E-state index contributed by atoms with van der Waals surface area (Å²) in [4.78, 5) is 73.4. The smallest absolute Gasteiger partial charge is 0.462 e. The Labute approximate surface area is 689 Å². The third-order valence-electron chi connectivity index (χ3n) is 22.2. The zero-order valence-corrected chi connectivity index (χ0v) is 76.1. The maximum Gasteiger partial charge on any atom is 0.472 e. The van der Waals surface area contributed by atoms with E-state index in [1.807, 2.05) is 0 Å². The molecule has 0 aromatic carbocycles. The van der Waals surface area contributed by atoms with Gasteiger partial charge in [0, 0.05) is 25.7 Å². The van der Waals surface area contributed by atoms with Crippen LogP contribution in [0.5, 0.6) is 0 Å². The van der Waals surface area contributed by atoms with Crippen LogP contribution in [-0.4, -0.2) is 96.7 Å². The minimum atomic E-state index is -4.97. The van der Waals surface area contributed by atoms with Crippen molar-refractivity contribution in [2.75, 3.05) is 39.6 Å². The van der Waals surface area contributed by atoms with Crippen molar-refractivity contribution in [2.45, 2.75) is 510 Å². The van der Waals surface area contributed by atoms with Crippen LogP contribution in [0.2, 0.25) is 0 Å². The van der Waals surface area contributed by atoms with Crippen molar-refractivity contribution in [2.24, 2.45) is 23.7 Å². The van der Waals surface area contributed by atoms with Crippen molar-refractivity contribution < 1.29 is 80.2 Å². The lowest BCUT2D eigenvalue weighted by atomic mass is 9.99. The second-order valence-corrected chi connectivity index (χ2v) is 38.0. The van der Waals surface area contributed by atoms with Crippen LogP contribution in [0.3, 0.4) is 0 Å². The first-order chi connectivity index (χ1) is 54.1. The van der Waals surface area contributed by atoms with Gasteiger partial charge in [0.15, 0.2) is 12.2 Å². The molecule has 0 aromatic heterocycles. The summed E-state index contributed by atoms with van der Waals surface area (Å²) in [6.45, 7) is 14.4. The van der Waals surface area contributed by atoms with Gasteiger partial charge in [-0.05, 0) is 49.4 Å². The SMILES string of the molecule is CCC(C)CCCCCCCCCCCCCCCCCCCCC(=O)O[C@H](COC(=O)CCCCCCCCCC(C)C)COP(=O)(O)OCC(O)COP(=O)(O)OC[C@@H](COC(=O)CCCCCCCCCCCCCCCCCCCCC(C)C)OC(=O)CCCCCCCCCCCCCCCCCCC(C)C. The number of carbonyl (C=O) groups excluding carboxylic acids is 4. The first-order valence-corrected chi connectivity index (χ1v) is 50.7. The normalized spacial score (nSPS) is 14.1. The molecule has 666 valence electrons. The Bertz CT molecular complexity index is 2170. The summed E-state index contributed by atoms with van der Waals surface area (Å²) >= 11 is 0. The standard InChI is InChI=1S/C93H182O17P2/c1-9-86(8)72-64-56-48-40-34-28-22-15-11-13-17-24-30-36-42-50-59-67-76-93(98)110-89(80-104-91(96)74-66-58-52-44-47-55-63-71-85(6)7)82-108-112(101,102)106-78-87(94)77-105-111(99,100)107-81-88(109-92(97)75-68-60-51-43-37-31-25-19-18-21-27-33-39-46-54-62-70-84(4)5)79-103-90(95)73-65-57-49-41-35-29-23-16-12-10-14-20-26-32-38-45-53-61-69-83(2)3/h83-89,94H,9-82H2,1-8H3,(H,99,100)(H,101,102)/t86?,87?,88-,89-/m1/s1. The van der Waals surface area contributed by atoms with E-state index in [-0.39, 0.29) is 25.7 Å². The van der Waals surface area contributed by atoms with E-state index in [2.05, 4.69) is 55.4 Å². The molecule has 0 bridgehead atoms. The summed E-state index contributed by atoms with van der Waals surface area (Å²) in [5.74, 6) is 1.11. The highest BCUT2D eigenvalue weighted by molar-refractivity contribution is 7.47. The molecule has 0 saturated carbocycles. The molecule has 0 spiro atoms. The number of phosphoric acid groups is 2. The summed E-state index contributed by atoms with van der Waals surface area (Å²) in [7, 11) is -9.94. The molecule has 0 amide bonds. The maximum absolute atomic E-state index is 13.2. The Kier molecular flexibility index (Phi) is 80.0. The van der Waals surface area contributed by atoms with Gasteiger partial charge in [0.25, 0.3) is 0 Å². The molecule has 0 heterocycles. The van der Waals surface area contributed by atoms with E-state index in [1.54, 1.807) is 0 Å². The molecule has 0 radical (unpaired) electrons. The van der Waals surface area contributed by atoms with Gasteiger partial charge in [-0.3, -0.25) is 37.3 Å². The lowest BCUT2D eigenvalue weighted by Gasteiger charge is -2.21. The minimum Gasteiger partial charge on any atom is -0.462 e. The van der Waals surface area contributed by atoms with Crippen LogP contribution < -0.4 is 0 Å². The summed E-state index contributed by atoms with van der Waals surface area (Å²) < 4.78 is 69.1.